The van der Waals surface area contributed by atoms with Crippen molar-refractivity contribution in [2.75, 3.05) is 33.8 Å². The van der Waals surface area contributed by atoms with Crippen LogP contribution in [-0.2, 0) is 11.3 Å². The molecular weight excluding hydrogens is 254 g/mol. The lowest BCUT2D eigenvalue weighted by molar-refractivity contribution is -0.128. The number of hydrogen-bond donors (Lipinski definition) is 1. The Bertz CT molecular complexity index is 445. The van der Waals surface area contributed by atoms with Gasteiger partial charge in [-0.25, -0.2) is 0 Å². The largest absolute Gasteiger partial charge is 0.492 e. The van der Waals surface area contributed by atoms with Gasteiger partial charge in [-0.3, -0.25) is 4.79 Å². The van der Waals surface area contributed by atoms with E-state index in [1.54, 1.807) is 0 Å². The maximum absolute atomic E-state index is 11.7. The van der Waals surface area contributed by atoms with Crippen LogP contribution in [0.5, 0.6) is 5.75 Å². The van der Waals surface area contributed by atoms with Crippen molar-refractivity contribution in [3.8, 4) is 5.75 Å². The molecule has 1 fully saturated rings. The molecular formula is C15H23N3O2. The molecule has 1 aliphatic heterocycles. The van der Waals surface area contributed by atoms with Gasteiger partial charge in [0.25, 0.3) is 0 Å². The number of likely N-dealkylation sites (tertiary alicyclic amines) is 1. The van der Waals surface area contributed by atoms with Gasteiger partial charge in [-0.05, 0) is 31.8 Å². The molecule has 0 saturated carbocycles. The third-order valence-corrected chi connectivity index (χ3v) is 3.35. The Morgan fingerprint density at radius 2 is 2.05 bits per heavy atom. The van der Waals surface area contributed by atoms with Crippen molar-refractivity contribution >= 4 is 5.91 Å². The minimum atomic E-state index is -0.0175. The zero-order chi connectivity index (χ0) is 14.5. The minimum absolute atomic E-state index is 0.0175. The summed E-state index contributed by atoms with van der Waals surface area (Å²) < 4.78 is 5.64. The highest BCUT2D eigenvalue weighted by molar-refractivity contribution is 5.79. The maximum Gasteiger partial charge on any atom is 0.224 e. The molecule has 1 amide bonds. The molecule has 5 nitrogen and oxygen atoms in total. The fourth-order valence-electron chi connectivity index (χ4n) is 2.21. The van der Waals surface area contributed by atoms with Crippen LogP contribution in [0.25, 0.3) is 0 Å². The fourth-order valence-corrected chi connectivity index (χ4v) is 2.21. The van der Waals surface area contributed by atoms with Crippen molar-refractivity contribution in [2.24, 2.45) is 5.73 Å². The number of likely N-dealkylation sites (N-methyl/N-ethyl adjacent to an activating group) is 1. The molecule has 1 saturated heterocycles. The number of rotatable bonds is 6. The molecule has 1 aromatic carbocycles. The number of nitrogens with two attached hydrogens (primary N) is 1. The smallest absolute Gasteiger partial charge is 0.224 e. The third kappa shape index (κ3) is 4.21. The van der Waals surface area contributed by atoms with Crippen molar-refractivity contribution < 1.29 is 9.53 Å². The standard InChI is InChI=1S/C15H23N3O2/c1-17(2)7-8-20-14-5-3-12(4-6-14)10-18-11-13(16)9-15(18)19/h3-6,13H,7-11,16H2,1-2H3. The number of nitrogens with zero attached hydrogens (tertiary/aromatic N) is 2. The summed E-state index contributed by atoms with van der Waals surface area (Å²) in [6, 6.07) is 7.89. The van der Waals surface area contributed by atoms with Crippen LogP contribution in [0.1, 0.15) is 12.0 Å². The number of hydrogen-bond acceptors (Lipinski definition) is 4. The summed E-state index contributed by atoms with van der Waals surface area (Å²) in [4.78, 5) is 15.6. The van der Waals surface area contributed by atoms with Gasteiger partial charge in [0.1, 0.15) is 12.4 Å². The van der Waals surface area contributed by atoms with E-state index in [4.69, 9.17) is 10.5 Å². The normalized spacial score (nSPS) is 18.9. The van der Waals surface area contributed by atoms with Crippen LogP contribution in [0.3, 0.4) is 0 Å². The van der Waals surface area contributed by atoms with Crippen LogP contribution in [0, 0.1) is 0 Å². The molecule has 5 heteroatoms. The molecule has 110 valence electrons. The molecule has 0 aliphatic carbocycles. The summed E-state index contributed by atoms with van der Waals surface area (Å²) in [5, 5.41) is 0. The van der Waals surface area contributed by atoms with E-state index in [1.165, 1.54) is 0 Å². The summed E-state index contributed by atoms with van der Waals surface area (Å²) in [5.41, 5.74) is 6.89. The first-order valence-electron chi connectivity index (χ1n) is 6.94. The Hall–Kier alpha value is -1.59. The van der Waals surface area contributed by atoms with Crippen LogP contribution in [0.15, 0.2) is 24.3 Å². The number of benzene rings is 1. The van der Waals surface area contributed by atoms with Crippen LogP contribution in [-0.4, -0.2) is 55.5 Å². The lowest BCUT2D eigenvalue weighted by Crippen LogP contribution is -2.27. The minimum Gasteiger partial charge on any atom is -0.492 e. The van der Waals surface area contributed by atoms with Gasteiger partial charge in [0.2, 0.25) is 5.91 Å². The molecule has 0 bridgehead atoms. The highest BCUT2D eigenvalue weighted by atomic mass is 16.5. The number of ether oxygens (including phenoxy) is 1. The molecule has 0 spiro atoms. The molecule has 1 unspecified atom stereocenters. The second-order valence-corrected chi connectivity index (χ2v) is 5.53. The monoisotopic (exact) mass is 277 g/mol. The highest BCUT2D eigenvalue weighted by Gasteiger charge is 2.26. The van der Waals surface area contributed by atoms with E-state index < -0.39 is 0 Å². The predicted octanol–water partition coefficient (Wildman–Crippen LogP) is 0.687. The molecule has 2 rings (SSSR count). The zero-order valence-electron chi connectivity index (χ0n) is 12.2. The number of carbonyl (C=O) groups is 1. The zero-order valence-corrected chi connectivity index (χ0v) is 12.2. The van der Waals surface area contributed by atoms with Crippen LogP contribution in [0.4, 0.5) is 0 Å². The fraction of sp³-hybridized carbons (Fsp3) is 0.533. The van der Waals surface area contributed by atoms with Gasteiger partial charge in [-0.15, -0.1) is 0 Å². The molecule has 1 atom stereocenters. The summed E-state index contributed by atoms with van der Waals surface area (Å²) >= 11 is 0. The van der Waals surface area contributed by atoms with E-state index in [9.17, 15) is 4.79 Å². The van der Waals surface area contributed by atoms with E-state index in [0.29, 0.717) is 26.1 Å². The second-order valence-electron chi connectivity index (χ2n) is 5.53. The first-order chi connectivity index (χ1) is 9.54. The third-order valence-electron chi connectivity index (χ3n) is 3.35. The van der Waals surface area contributed by atoms with Crippen LogP contribution < -0.4 is 10.5 Å². The maximum atomic E-state index is 11.7. The molecule has 0 aromatic heterocycles. The van der Waals surface area contributed by atoms with Gasteiger partial charge in [0, 0.05) is 32.1 Å². The van der Waals surface area contributed by atoms with E-state index in [-0.39, 0.29) is 11.9 Å². The average molecular weight is 277 g/mol. The molecule has 1 aliphatic rings. The van der Waals surface area contributed by atoms with Crippen molar-refractivity contribution in [1.82, 2.24) is 9.80 Å². The van der Waals surface area contributed by atoms with Crippen molar-refractivity contribution in [1.29, 1.82) is 0 Å². The highest BCUT2D eigenvalue weighted by Crippen LogP contribution is 2.17. The quantitative estimate of drug-likeness (QED) is 0.831. The molecule has 1 heterocycles. The van der Waals surface area contributed by atoms with E-state index in [1.807, 2.05) is 43.3 Å². The lowest BCUT2D eigenvalue weighted by atomic mass is 10.2. The molecule has 1 aromatic rings. The first-order valence-corrected chi connectivity index (χ1v) is 6.94. The van der Waals surface area contributed by atoms with Gasteiger partial charge in [-0.1, -0.05) is 12.1 Å². The summed E-state index contributed by atoms with van der Waals surface area (Å²) in [6.45, 7) is 2.85. The van der Waals surface area contributed by atoms with Crippen molar-refractivity contribution in [3.05, 3.63) is 29.8 Å². The van der Waals surface area contributed by atoms with Crippen molar-refractivity contribution in [3.63, 3.8) is 0 Å². The first kappa shape index (κ1) is 14.8. The van der Waals surface area contributed by atoms with E-state index in [2.05, 4.69) is 4.90 Å². The van der Waals surface area contributed by atoms with Crippen LogP contribution >= 0.6 is 0 Å². The second kappa shape index (κ2) is 6.72. The molecule has 0 radical (unpaired) electrons. The number of amides is 1. The number of carbonyl (C=O) groups excluding carboxylic acids is 1. The molecule has 20 heavy (non-hydrogen) atoms. The van der Waals surface area contributed by atoms with Gasteiger partial charge >= 0.3 is 0 Å². The Labute approximate surface area is 120 Å². The van der Waals surface area contributed by atoms with Gasteiger partial charge in [0.05, 0.1) is 0 Å². The van der Waals surface area contributed by atoms with Crippen LogP contribution in [0.2, 0.25) is 0 Å². The lowest BCUT2D eigenvalue weighted by Gasteiger charge is -2.16. The summed E-state index contributed by atoms with van der Waals surface area (Å²) in [5.74, 6) is 1.00. The summed E-state index contributed by atoms with van der Waals surface area (Å²) in [6.07, 6.45) is 0.464. The van der Waals surface area contributed by atoms with Crippen molar-refractivity contribution in [2.45, 2.75) is 19.0 Å². The van der Waals surface area contributed by atoms with Gasteiger partial charge < -0.3 is 20.3 Å². The van der Waals surface area contributed by atoms with E-state index in [0.717, 1.165) is 17.9 Å². The Kier molecular flexibility index (Phi) is 4.98. The van der Waals surface area contributed by atoms with Gasteiger partial charge in [0.15, 0.2) is 0 Å². The Morgan fingerprint density at radius 1 is 1.35 bits per heavy atom. The predicted molar refractivity (Wildman–Crippen MR) is 78.5 cm³/mol. The Balaban J connectivity index is 1.84. The topological polar surface area (TPSA) is 58.8 Å². The van der Waals surface area contributed by atoms with Gasteiger partial charge in [-0.2, -0.15) is 0 Å². The molecule has 2 N–H and O–H groups in total. The average Bonchev–Trinajstić information content (AvgIpc) is 2.69. The summed E-state index contributed by atoms with van der Waals surface area (Å²) in [7, 11) is 4.04. The SMILES string of the molecule is CN(C)CCOc1ccc(CN2CC(N)CC2=O)cc1. The van der Waals surface area contributed by atoms with E-state index >= 15 is 0 Å². The Morgan fingerprint density at radius 3 is 2.60 bits per heavy atom.